The van der Waals surface area contributed by atoms with Gasteiger partial charge >= 0.3 is 0 Å². The number of hydrogen-bond acceptors (Lipinski definition) is 5. The van der Waals surface area contributed by atoms with E-state index >= 15 is 0 Å². The minimum atomic E-state index is 0.533. The topological polar surface area (TPSA) is 64.9 Å². The molecule has 0 bridgehead atoms. The first kappa shape index (κ1) is 13.7. The lowest BCUT2D eigenvalue weighted by Gasteiger charge is -2.16. The van der Waals surface area contributed by atoms with Gasteiger partial charge in [-0.3, -0.25) is 4.68 Å². The van der Waals surface area contributed by atoms with Gasteiger partial charge in [-0.2, -0.15) is 5.10 Å². The molecule has 0 aromatic carbocycles. The maximum absolute atomic E-state index is 5.53. The Morgan fingerprint density at radius 1 is 1.36 bits per heavy atom. The molecule has 6 heteroatoms. The zero-order chi connectivity index (χ0) is 15.1. The Labute approximate surface area is 129 Å². The number of hydrogen-bond donors (Lipinski definition) is 1. The first-order valence-corrected chi connectivity index (χ1v) is 8.02. The van der Waals surface area contributed by atoms with E-state index in [0.717, 1.165) is 43.0 Å². The van der Waals surface area contributed by atoms with Gasteiger partial charge in [0.05, 0.1) is 18.4 Å². The van der Waals surface area contributed by atoms with Gasteiger partial charge in [0.2, 0.25) is 5.88 Å². The van der Waals surface area contributed by atoms with Crippen molar-refractivity contribution in [1.82, 2.24) is 25.1 Å². The van der Waals surface area contributed by atoms with Crippen molar-refractivity contribution >= 4 is 0 Å². The van der Waals surface area contributed by atoms with Crippen molar-refractivity contribution in [2.75, 3.05) is 13.7 Å². The zero-order valence-electron chi connectivity index (χ0n) is 13.1. The lowest BCUT2D eigenvalue weighted by atomic mass is 10.00. The highest BCUT2D eigenvalue weighted by Gasteiger charge is 2.33. The molecule has 2 aromatic heterocycles. The molecule has 0 spiro atoms. The van der Waals surface area contributed by atoms with E-state index < -0.39 is 0 Å². The summed E-state index contributed by atoms with van der Waals surface area (Å²) in [5.41, 5.74) is 5.72. The maximum Gasteiger partial charge on any atom is 0.226 e. The molecule has 0 unspecified atom stereocenters. The van der Waals surface area contributed by atoms with E-state index in [4.69, 9.17) is 9.84 Å². The smallest absolute Gasteiger partial charge is 0.226 e. The lowest BCUT2D eigenvalue weighted by molar-refractivity contribution is 0.397. The highest BCUT2D eigenvalue weighted by Crippen LogP contribution is 2.46. The molecular weight excluding hydrogens is 278 g/mol. The fraction of sp³-hybridized carbons (Fsp3) is 0.562. The summed E-state index contributed by atoms with van der Waals surface area (Å²) < 4.78 is 7.65. The summed E-state index contributed by atoms with van der Waals surface area (Å²) in [4.78, 5) is 8.87. The van der Waals surface area contributed by atoms with Gasteiger partial charge in [-0.05, 0) is 19.8 Å². The third kappa shape index (κ3) is 2.09. The molecule has 0 amide bonds. The van der Waals surface area contributed by atoms with Crippen LogP contribution in [0.2, 0.25) is 0 Å². The van der Waals surface area contributed by atoms with Gasteiger partial charge in [-0.25, -0.2) is 9.97 Å². The minimum Gasteiger partial charge on any atom is -0.480 e. The predicted molar refractivity (Wildman–Crippen MR) is 82.9 cm³/mol. The van der Waals surface area contributed by atoms with Crippen LogP contribution in [0.3, 0.4) is 0 Å². The Bertz CT molecular complexity index is 705. The summed E-state index contributed by atoms with van der Waals surface area (Å²) >= 11 is 0. The minimum absolute atomic E-state index is 0.533. The van der Waals surface area contributed by atoms with Crippen LogP contribution >= 0.6 is 0 Å². The summed E-state index contributed by atoms with van der Waals surface area (Å²) in [6, 6.07) is 0. The number of methoxy groups -OCH3 is 1. The fourth-order valence-electron chi connectivity index (χ4n) is 3.31. The van der Waals surface area contributed by atoms with Crippen LogP contribution in [0.1, 0.15) is 42.6 Å². The maximum atomic E-state index is 5.53. The SMILES string of the molecule is CCn1nc(-c2c(OC)ncnc2C2CC2)c2c1CCNC2. The second-order valence-electron chi connectivity index (χ2n) is 5.93. The lowest BCUT2D eigenvalue weighted by Crippen LogP contribution is -2.24. The number of nitrogens with zero attached hydrogens (tertiary/aromatic N) is 4. The number of aryl methyl sites for hydroxylation is 1. The molecule has 1 fully saturated rings. The number of ether oxygens (including phenoxy) is 1. The molecule has 4 rings (SSSR count). The molecule has 2 aliphatic rings. The number of rotatable bonds is 4. The molecule has 1 saturated carbocycles. The van der Waals surface area contributed by atoms with Crippen LogP contribution in [-0.4, -0.2) is 33.4 Å². The number of aromatic nitrogens is 4. The summed E-state index contributed by atoms with van der Waals surface area (Å²) in [6.45, 7) is 4.89. The summed E-state index contributed by atoms with van der Waals surface area (Å²) in [5.74, 6) is 1.18. The van der Waals surface area contributed by atoms with Gasteiger partial charge in [0, 0.05) is 43.2 Å². The standard InChI is InChI=1S/C16H21N5O/c1-3-21-12-6-7-17-8-11(12)15(20-21)13-14(10-4-5-10)18-9-19-16(13)22-2/h9-10,17H,3-8H2,1-2H3. The van der Waals surface area contributed by atoms with E-state index in [1.54, 1.807) is 13.4 Å². The quantitative estimate of drug-likeness (QED) is 0.934. The molecule has 0 radical (unpaired) electrons. The molecule has 1 N–H and O–H groups in total. The molecule has 6 nitrogen and oxygen atoms in total. The van der Waals surface area contributed by atoms with E-state index in [2.05, 4.69) is 26.9 Å². The molecule has 0 atom stereocenters. The fourth-order valence-corrected chi connectivity index (χ4v) is 3.31. The summed E-state index contributed by atoms with van der Waals surface area (Å²) in [6.07, 6.45) is 5.02. The van der Waals surface area contributed by atoms with Crippen molar-refractivity contribution < 1.29 is 4.74 Å². The van der Waals surface area contributed by atoms with Crippen molar-refractivity contribution in [3.63, 3.8) is 0 Å². The largest absolute Gasteiger partial charge is 0.480 e. The molecule has 22 heavy (non-hydrogen) atoms. The van der Waals surface area contributed by atoms with Crippen LogP contribution in [0.4, 0.5) is 0 Å². The van der Waals surface area contributed by atoms with Crippen LogP contribution < -0.4 is 10.1 Å². The molecule has 2 aromatic rings. The third-order valence-electron chi connectivity index (χ3n) is 4.54. The molecule has 1 aliphatic heterocycles. The number of nitrogens with one attached hydrogen (secondary N) is 1. The molecule has 0 saturated heterocycles. The summed E-state index contributed by atoms with van der Waals surface area (Å²) in [5, 5.41) is 8.33. The average Bonchev–Trinajstić information content (AvgIpc) is 3.35. The van der Waals surface area contributed by atoms with Gasteiger partial charge in [-0.15, -0.1) is 0 Å². The van der Waals surface area contributed by atoms with E-state index in [-0.39, 0.29) is 0 Å². The van der Waals surface area contributed by atoms with E-state index in [9.17, 15) is 0 Å². The van der Waals surface area contributed by atoms with Crippen molar-refractivity contribution in [2.45, 2.75) is 45.2 Å². The normalized spacial score (nSPS) is 17.4. The van der Waals surface area contributed by atoms with E-state index in [1.165, 1.54) is 24.1 Å². The van der Waals surface area contributed by atoms with Crippen molar-refractivity contribution in [2.24, 2.45) is 0 Å². The Morgan fingerprint density at radius 2 is 2.23 bits per heavy atom. The van der Waals surface area contributed by atoms with E-state index in [0.29, 0.717) is 11.8 Å². The Hall–Kier alpha value is -1.95. The Balaban J connectivity index is 1.94. The first-order chi connectivity index (χ1) is 10.8. The second-order valence-corrected chi connectivity index (χ2v) is 5.93. The monoisotopic (exact) mass is 299 g/mol. The van der Waals surface area contributed by atoms with Crippen LogP contribution in [0.15, 0.2) is 6.33 Å². The Morgan fingerprint density at radius 3 is 2.95 bits per heavy atom. The van der Waals surface area contributed by atoms with Gasteiger partial charge < -0.3 is 10.1 Å². The van der Waals surface area contributed by atoms with E-state index in [1.807, 2.05) is 0 Å². The highest BCUT2D eigenvalue weighted by atomic mass is 16.5. The van der Waals surface area contributed by atoms with Crippen molar-refractivity contribution in [3.05, 3.63) is 23.3 Å². The van der Waals surface area contributed by atoms with Gasteiger partial charge in [0.1, 0.15) is 12.0 Å². The highest BCUT2D eigenvalue weighted by molar-refractivity contribution is 5.72. The van der Waals surface area contributed by atoms with Gasteiger partial charge in [-0.1, -0.05) is 0 Å². The average molecular weight is 299 g/mol. The van der Waals surface area contributed by atoms with Crippen LogP contribution in [-0.2, 0) is 19.5 Å². The predicted octanol–water partition coefficient (Wildman–Crippen LogP) is 1.89. The Kier molecular flexibility index (Phi) is 3.33. The van der Waals surface area contributed by atoms with Gasteiger partial charge in [0.25, 0.3) is 0 Å². The van der Waals surface area contributed by atoms with Gasteiger partial charge in [0.15, 0.2) is 0 Å². The molecule has 116 valence electrons. The molecule has 3 heterocycles. The third-order valence-corrected chi connectivity index (χ3v) is 4.54. The molecular formula is C16H21N5O. The van der Waals surface area contributed by atoms with Crippen molar-refractivity contribution in [1.29, 1.82) is 0 Å². The summed E-state index contributed by atoms with van der Waals surface area (Å²) in [7, 11) is 1.67. The molecule has 1 aliphatic carbocycles. The second kappa shape index (κ2) is 5.35. The van der Waals surface area contributed by atoms with Crippen molar-refractivity contribution in [3.8, 4) is 17.1 Å². The number of fused-ring (bicyclic) bond motifs is 1. The first-order valence-electron chi connectivity index (χ1n) is 8.02. The van der Waals surface area contributed by atoms with Crippen LogP contribution in [0.5, 0.6) is 5.88 Å². The van der Waals surface area contributed by atoms with Crippen LogP contribution in [0, 0.1) is 0 Å². The van der Waals surface area contributed by atoms with Crippen LogP contribution in [0.25, 0.3) is 11.3 Å². The zero-order valence-corrected chi connectivity index (χ0v) is 13.1.